The van der Waals surface area contributed by atoms with Crippen LogP contribution in [0.4, 0.5) is 5.95 Å². The van der Waals surface area contributed by atoms with Gasteiger partial charge in [-0.1, -0.05) is 0 Å². The highest BCUT2D eigenvalue weighted by atomic mass is 32.2. The summed E-state index contributed by atoms with van der Waals surface area (Å²) in [5.74, 6) is 3.35. The number of aryl methyl sites for hydroxylation is 2. The first kappa shape index (κ1) is 15.6. The van der Waals surface area contributed by atoms with Crippen LogP contribution in [0.2, 0.25) is 0 Å². The summed E-state index contributed by atoms with van der Waals surface area (Å²) in [6.45, 7) is 7.50. The molecule has 2 fully saturated rings. The molecule has 0 spiro atoms. The quantitative estimate of drug-likeness (QED) is 0.833. The minimum absolute atomic E-state index is 0.0984. The minimum Gasteiger partial charge on any atom is -0.341 e. The van der Waals surface area contributed by atoms with Crippen LogP contribution in [0, 0.1) is 19.8 Å². The predicted molar refractivity (Wildman–Crippen MR) is 90.3 cm³/mol. The van der Waals surface area contributed by atoms with E-state index in [4.69, 9.17) is 0 Å². The van der Waals surface area contributed by atoms with Gasteiger partial charge in [-0.05, 0) is 32.8 Å². The van der Waals surface area contributed by atoms with Crippen molar-refractivity contribution in [3.63, 3.8) is 0 Å². The lowest BCUT2D eigenvalue weighted by molar-refractivity contribution is -0.135. The van der Waals surface area contributed by atoms with E-state index in [1.165, 1.54) is 0 Å². The molecule has 1 unspecified atom stereocenters. The fourth-order valence-electron chi connectivity index (χ4n) is 3.25. The second-order valence-corrected chi connectivity index (χ2v) is 7.40. The Balaban J connectivity index is 1.69. The lowest BCUT2D eigenvalue weighted by Gasteiger charge is -2.36. The summed E-state index contributed by atoms with van der Waals surface area (Å²) in [6.07, 6.45) is 2.03. The fourth-order valence-corrected chi connectivity index (χ4v) is 4.15. The zero-order chi connectivity index (χ0) is 15.5. The maximum Gasteiger partial charge on any atom is 0.227 e. The molecule has 0 bridgehead atoms. The largest absolute Gasteiger partial charge is 0.341 e. The van der Waals surface area contributed by atoms with Crippen molar-refractivity contribution in [2.45, 2.75) is 26.7 Å². The maximum atomic E-state index is 12.7. The van der Waals surface area contributed by atoms with Crippen LogP contribution in [0.3, 0.4) is 0 Å². The molecule has 3 rings (SSSR count). The smallest absolute Gasteiger partial charge is 0.227 e. The molecule has 0 aromatic carbocycles. The molecule has 0 radical (unpaired) electrons. The van der Waals surface area contributed by atoms with E-state index in [0.29, 0.717) is 5.91 Å². The third kappa shape index (κ3) is 3.54. The van der Waals surface area contributed by atoms with E-state index in [1.807, 2.05) is 36.6 Å². The molecular formula is C16H24N4OS. The van der Waals surface area contributed by atoms with Gasteiger partial charge in [0.2, 0.25) is 11.9 Å². The predicted octanol–water partition coefficient (Wildman–Crippen LogP) is 1.89. The van der Waals surface area contributed by atoms with E-state index in [1.54, 1.807) is 0 Å². The van der Waals surface area contributed by atoms with Gasteiger partial charge in [-0.2, -0.15) is 11.8 Å². The number of carbonyl (C=O) groups is 1. The van der Waals surface area contributed by atoms with Gasteiger partial charge in [-0.25, -0.2) is 9.97 Å². The van der Waals surface area contributed by atoms with E-state index in [-0.39, 0.29) is 5.92 Å². The molecule has 22 heavy (non-hydrogen) atoms. The van der Waals surface area contributed by atoms with Crippen molar-refractivity contribution < 1.29 is 4.79 Å². The Morgan fingerprint density at radius 2 is 1.86 bits per heavy atom. The zero-order valence-electron chi connectivity index (χ0n) is 13.4. The summed E-state index contributed by atoms with van der Waals surface area (Å²) in [7, 11) is 0. The van der Waals surface area contributed by atoms with Crippen molar-refractivity contribution in [3.8, 4) is 0 Å². The Morgan fingerprint density at radius 3 is 2.55 bits per heavy atom. The SMILES string of the molecule is Cc1cc(C)nc(N2CCCC(C(=O)N3CCSCC3)C2)n1. The molecule has 1 amide bonds. The van der Waals surface area contributed by atoms with Crippen LogP contribution in [0.25, 0.3) is 0 Å². The highest BCUT2D eigenvalue weighted by Gasteiger charge is 2.30. The number of anilines is 1. The molecule has 2 saturated heterocycles. The third-order valence-corrected chi connectivity index (χ3v) is 5.29. The van der Waals surface area contributed by atoms with Gasteiger partial charge >= 0.3 is 0 Å². The molecule has 2 aliphatic rings. The van der Waals surface area contributed by atoms with Crippen LogP contribution in [-0.2, 0) is 4.79 Å². The lowest BCUT2D eigenvalue weighted by Crippen LogP contribution is -2.47. The molecule has 3 heterocycles. The van der Waals surface area contributed by atoms with Crippen molar-refractivity contribution in [1.82, 2.24) is 14.9 Å². The van der Waals surface area contributed by atoms with Crippen LogP contribution >= 0.6 is 11.8 Å². The Labute approximate surface area is 136 Å². The van der Waals surface area contributed by atoms with Gasteiger partial charge in [0.1, 0.15) is 0 Å². The van der Waals surface area contributed by atoms with E-state index in [9.17, 15) is 4.79 Å². The topological polar surface area (TPSA) is 49.3 Å². The Kier molecular flexibility index (Phi) is 4.86. The van der Waals surface area contributed by atoms with Crippen LogP contribution < -0.4 is 4.90 Å². The Morgan fingerprint density at radius 1 is 1.18 bits per heavy atom. The lowest BCUT2D eigenvalue weighted by atomic mass is 9.96. The fraction of sp³-hybridized carbons (Fsp3) is 0.688. The Bertz CT molecular complexity index is 525. The summed E-state index contributed by atoms with van der Waals surface area (Å²) in [5, 5.41) is 0. The van der Waals surface area contributed by atoms with Gasteiger partial charge < -0.3 is 9.80 Å². The number of piperidine rings is 1. The molecular weight excluding hydrogens is 296 g/mol. The number of amides is 1. The number of hydrogen-bond acceptors (Lipinski definition) is 5. The first-order valence-electron chi connectivity index (χ1n) is 8.07. The average Bonchev–Trinajstić information content (AvgIpc) is 2.54. The summed E-state index contributed by atoms with van der Waals surface area (Å²) in [4.78, 5) is 26.0. The van der Waals surface area contributed by atoms with Crippen molar-refractivity contribution >= 4 is 23.6 Å². The number of rotatable bonds is 2. The number of carbonyl (C=O) groups excluding carboxylic acids is 1. The Hall–Kier alpha value is -1.30. The molecule has 0 saturated carbocycles. The number of aromatic nitrogens is 2. The third-order valence-electron chi connectivity index (χ3n) is 4.35. The zero-order valence-corrected chi connectivity index (χ0v) is 14.2. The summed E-state index contributed by atoms with van der Waals surface area (Å²) in [5.41, 5.74) is 1.98. The summed E-state index contributed by atoms with van der Waals surface area (Å²) in [6, 6.07) is 1.99. The minimum atomic E-state index is 0.0984. The van der Waals surface area contributed by atoms with E-state index >= 15 is 0 Å². The number of hydrogen-bond donors (Lipinski definition) is 0. The maximum absolute atomic E-state index is 12.7. The van der Waals surface area contributed by atoms with Gasteiger partial charge in [0, 0.05) is 49.1 Å². The van der Waals surface area contributed by atoms with Gasteiger partial charge in [0.15, 0.2) is 0 Å². The van der Waals surface area contributed by atoms with E-state index in [2.05, 4.69) is 14.9 Å². The molecule has 1 aromatic rings. The number of thioether (sulfide) groups is 1. The second kappa shape index (κ2) is 6.86. The van der Waals surface area contributed by atoms with E-state index < -0.39 is 0 Å². The monoisotopic (exact) mass is 320 g/mol. The number of nitrogens with zero attached hydrogens (tertiary/aromatic N) is 4. The van der Waals surface area contributed by atoms with Gasteiger partial charge in [0.05, 0.1) is 5.92 Å². The first-order chi connectivity index (χ1) is 10.6. The van der Waals surface area contributed by atoms with Gasteiger partial charge in [-0.3, -0.25) is 4.79 Å². The van der Waals surface area contributed by atoms with E-state index in [0.717, 1.165) is 67.9 Å². The average molecular weight is 320 g/mol. The van der Waals surface area contributed by atoms with Crippen molar-refractivity contribution in [1.29, 1.82) is 0 Å². The van der Waals surface area contributed by atoms with Crippen molar-refractivity contribution in [2.75, 3.05) is 42.6 Å². The second-order valence-electron chi connectivity index (χ2n) is 6.17. The molecule has 0 N–H and O–H groups in total. The highest BCUT2D eigenvalue weighted by Crippen LogP contribution is 2.23. The normalized spacial score (nSPS) is 22.7. The van der Waals surface area contributed by atoms with Crippen molar-refractivity contribution in [3.05, 3.63) is 17.5 Å². The standard InChI is InChI=1S/C16H24N4OS/c1-12-10-13(2)18-16(17-12)20-5-3-4-14(11-20)15(21)19-6-8-22-9-7-19/h10,14H,3-9,11H2,1-2H3. The first-order valence-corrected chi connectivity index (χ1v) is 9.23. The molecule has 0 aliphatic carbocycles. The van der Waals surface area contributed by atoms with Crippen molar-refractivity contribution in [2.24, 2.45) is 5.92 Å². The van der Waals surface area contributed by atoms with Crippen LogP contribution in [0.5, 0.6) is 0 Å². The molecule has 2 aliphatic heterocycles. The van der Waals surface area contributed by atoms with Crippen LogP contribution in [0.15, 0.2) is 6.07 Å². The summed E-state index contributed by atoms with van der Waals surface area (Å²) < 4.78 is 0. The highest BCUT2D eigenvalue weighted by molar-refractivity contribution is 7.99. The molecule has 1 atom stereocenters. The van der Waals surface area contributed by atoms with Gasteiger partial charge in [0.25, 0.3) is 0 Å². The van der Waals surface area contributed by atoms with Gasteiger partial charge in [-0.15, -0.1) is 0 Å². The molecule has 120 valence electrons. The molecule has 1 aromatic heterocycles. The summed E-state index contributed by atoms with van der Waals surface area (Å²) >= 11 is 1.94. The van der Waals surface area contributed by atoms with Crippen LogP contribution in [-0.4, -0.2) is 58.5 Å². The molecule has 5 nitrogen and oxygen atoms in total. The molecule has 6 heteroatoms. The van der Waals surface area contributed by atoms with Crippen LogP contribution in [0.1, 0.15) is 24.2 Å².